The van der Waals surface area contributed by atoms with Gasteiger partial charge in [-0.05, 0) is 18.6 Å². The standard InChI is InChI=1S/C16H23N3O4/c1-22-11(10-17)9-15(20)18-12-7-8-19(16(12)21)13-5-3-4-6-14(13)23-2/h3-6,11-12H,7-10,17H2,1-2H3,(H,18,20). The van der Waals surface area contributed by atoms with Crippen molar-refractivity contribution in [2.75, 3.05) is 32.2 Å². The fourth-order valence-corrected chi connectivity index (χ4v) is 2.63. The number of hydrogen-bond donors (Lipinski definition) is 2. The molecule has 1 saturated heterocycles. The lowest BCUT2D eigenvalue weighted by atomic mass is 10.2. The van der Waals surface area contributed by atoms with Crippen molar-refractivity contribution in [3.63, 3.8) is 0 Å². The molecule has 126 valence electrons. The molecule has 0 spiro atoms. The number of carbonyl (C=O) groups excluding carboxylic acids is 2. The number of para-hydroxylation sites is 2. The molecule has 1 fully saturated rings. The highest BCUT2D eigenvalue weighted by atomic mass is 16.5. The summed E-state index contributed by atoms with van der Waals surface area (Å²) >= 11 is 0. The van der Waals surface area contributed by atoms with Gasteiger partial charge in [-0.15, -0.1) is 0 Å². The predicted octanol–water partition coefficient (Wildman–Crippen LogP) is 0.281. The van der Waals surface area contributed by atoms with Gasteiger partial charge >= 0.3 is 0 Å². The van der Waals surface area contributed by atoms with Gasteiger partial charge in [0.2, 0.25) is 11.8 Å². The zero-order valence-corrected chi connectivity index (χ0v) is 13.5. The van der Waals surface area contributed by atoms with E-state index in [1.807, 2.05) is 18.2 Å². The molecular weight excluding hydrogens is 298 g/mol. The lowest BCUT2D eigenvalue weighted by Crippen LogP contribution is -2.43. The first-order valence-electron chi connectivity index (χ1n) is 7.57. The Morgan fingerprint density at radius 3 is 2.83 bits per heavy atom. The van der Waals surface area contributed by atoms with E-state index in [4.69, 9.17) is 15.2 Å². The van der Waals surface area contributed by atoms with Crippen LogP contribution in [0.25, 0.3) is 0 Å². The molecule has 23 heavy (non-hydrogen) atoms. The second-order valence-electron chi connectivity index (χ2n) is 5.37. The van der Waals surface area contributed by atoms with E-state index in [0.29, 0.717) is 24.4 Å². The van der Waals surface area contributed by atoms with Crippen molar-refractivity contribution in [2.45, 2.75) is 25.0 Å². The van der Waals surface area contributed by atoms with Crippen molar-refractivity contribution in [2.24, 2.45) is 5.73 Å². The average molecular weight is 321 g/mol. The van der Waals surface area contributed by atoms with Crippen molar-refractivity contribution < 1.29 is 19.1 Å². The Bertz CT molecular complexity index is 560. The number of ether oxygens (including phenoxy) is 2. The summed E-state index contributed by atoms with van der Waals surface area (Å²) in [5.41, 5.74) is 6.22. The van der Waals surface area contributed by atoms with Crippen LogP contribution in [0.2, 0.25) is 0 Å². The minimum absolute atomic E-state index is 0.135. The Morgan fingerprint density at radius 1 is 1.43 bits per heavy atom. The van der Waals surface area contributed by atoms with E-state index >= 15 is 0 Å². The van der Waals surface area contributed by atoms with E-state index in [1.165, 1.54) is 7.11 Å². The van der Waals surface area contributed by atoms with Crippen LogP contribution in [0.3, 0.4) is 0 Å². The van der Waals surface area contributed by atoms with Gasteiger partial charge in [0, 0.05) is 20.2 Å². The van der Waals surface area contributed by atoms with Gasteiger partial charge in [0.15, 0.2) is 0 Å². The molecule has 2 atom stereocenters. The van der Waals surface area contributed by atoms with Gasteiger partial charge in [-0.25, -0.2) is 0 Å². The summed E-state index contributed by atoms with van der Waals surface area (Å²) in [6, 6.07) is 6.80. The highest BCUT2D eigenvalue weighted by Crippen LogP contribution is 2.30. The molecule has 1 heterocycles. The minimum atomic E-state index is -0.525. The summed E-state index contributed by atoms with van der Waals surface area (Å²) in [7, 11) is 3.07. The molecule has 1 aromatic rings. The van der Waals surface area contributed by atoms with Crippen LogP contribution in [-0.2, 0) is 14.3 Å². The van der Waals surface area contributed by atoms with E-state index in [2.05, 4.69) is 5.32 Å². The first-order valence-corrected chi connectivity index (χ1v) is 7.57. The second kappa shape index (κ2) is 7.94. The minimum Gasteiger partial charge on any atom is -0.495 e. The molecule has 2 amide bonds. The van der Waals surface area contributed by atoms with Gasteiger partial charge in [0.25, 0.3) is 0 Å². The normalized spacial score (nSPS) is 18.8. The van der Waals surface area contributed by atoms with E-state index in [1.54, 1.807) is 18.1 Å². The van der Waals surface area contributed by atoms with Gasteiger partial charge in [0.05, 0.1) is 25.3 Å². The maximum atomic E-state index is 12.5. The first-order chi connectivity index (χ1) is 11.1. The van der Waals surface area contributed by atoms with Gasteiger partial charge in [-0.3, -0.25) is 9.59 Å². The monoisotopic (exact) mass is 321 g/mol. The number of carbonyl (C=O) groups is 2. The third kappa shape index (κ3) is 4.00. The van der Waals surface area contributed by atoms with E-state index in [9.17, 15) is 9.59 Å². The summed E-state index contributed by atoms with van der Waals surface area (Å²) in [6.07, 6.45) is 0.366. The number of nitrogens with two attached hydrogens (primary N) is 1. The SMILES string of the molecule is COc1ccccc1N1CCC(NC(=O)CC(CN)OC)C1=O. The predicted molar refractivity (Wildman–Crippen MR) is 86.4 cm³/mol. The molecule has 1 aliphatic rings. The maximum absolute atomic E-state index is 12.5. The largest absolute Gasteiger partial charge is 0.495 e. The molecule has 3 N–H and O–H groups in total. The molecule has 0 saturated carbocycles. The molecule has 0 radical (unpaired) electrons. The van der Waals surface area contributed by atoms with Crippen molar-refractivity contribution in [3.05, 3.63) is 24.3 Å². The van der Waals surface area contributed by atoms with Crippen LogP contribution < -0.4 is 20.7 Å². The number of hydrogen-bond acceptors (Lipinski definition) is 5. The topological polar surface area (TPSA) is 93.9 Å². The number of nitrogens with zero attached hydrogens (tertiary/aromatic N) is 1. The first kappa shape index (κ1) is 17.2. The summed E-state index contributed by atoms with van der Waals surface area (Å²) in [5.74, 6) is 0.266. The zero-order valence-electron chi connectivity index (χ0n) is 13.5. The van der Waals surface area contributed by atoms with Crippen LogP contribution in [0.15, 0.2) is 24.3 Å². The molecule has 2 rings (SSSR count). The van der Waals surface area contributed by atoms with Crippen LogP contribution in [0, 0.1) is 0 Å². The Balaban J connectivity index is 2.00. The number of methoxy groups -OCH3 is 2. The molecule has 2 unspecified atom stereocenters. The summed E-state index contributed by atoms with van der Waals surface area (Å²) in [4.78, 5) is 26.2. The van der Waals surface area contributed by atoms with E-state index in [0.717, 1.165) is 0 Å². The molecule has 7 heteroatoms. The third-order valence-electron chi connectivity index (χ3n) is 3.93. The Labute approximate surface area is 135 Å². The number of rotatable bonds is 7. The van der Waals surface area contributed by atoms with Crippen molar-refractivity contribution in [3.8, 4) is 5.75 Å². The molecule has 1 aromatic carbocycles. The van der Waals surface area contributed by atoms with Crippen molar-refractivity contribution in [1.29, 1.82) is 0 Å². The van der Waals surface area contributed by atoms with E-state index in [-0.39, 0.29) is 30.9 Å². The maximum Gasteiger partial charge on any atom is 0.249 e. The van der Waals surface area contributed by atoms with Crippen LogP contribution >= 0.6 is 0 Å². The summed E-state index contributed by atoms with van der Waals surface area (Å²) in [6.45, 7) is 0.796. The quantitative estimate of drug-likeness (QED) is 0.752. The zero-order chi connectivity index (χ0) is 16.8. The van der Waals surface area contributed by atoms with Gasteiger partial charge in [0.1, 0.15) is 11.8 Å². The van der Waals surface area contributed by atoms with Gasteiger partial charge in [-0.1, -0.05) is 12.1 Å². The van der Waals surface area contributed by atoms with Crippen LogP contribution in [0.5, 0.6) is 5.75 Å². The Hall–Kier alpha value is -2.12. The smallest absolute Gasteiger partial charge is 0.249 e. The lowest BCUT2D eigenvalue weighted by molar-refractivity contribution is -0.128. The summed E-state index contributed by atoms with van der Waals surface area (Å²) in [5, 5.41) is 2.76. The molecule has 0 bridgehead atoms. The highest BCUT2D eigenvalue weighted by Gasteiger charge is 2.34. The fourth-order valence-electron chi connectivity index (χ4n) is 2.63. The van der Waals surface area contributed by atoms with Crippen LogP contribution in [0.4, 0.5) is 5.69 Å². The number of benzene rings is 1. The molecule has 1 aliphatic heterocycles. The fraction of sp³-hybridized carbons (Fsp3) is 0.500. The molecule has 0 aliphatic carbocycles. The third-order valence-corrected chi connectivity index (χ3v) is 3.93. The number of anilines is 1. The van der Waals surface area contributed by atoms with Crippen molar-refractivity contribution >= 4 is 17.5 Å². The Morgan fingerprint density at radius 2 is 2.17 bits per heavy atom. The average Bonchev–Trinajstić information content (AvgIpc) is 2.93. The van der Waals surface area contributed by atoms with Gasteiger partial charge < -0.3 is 25.4 Å². The van der Waals surface area contributed by atoms with Crippen molar-refractivity contribution in [1.82, 2.24) is 5.32 Å². The highest BCUT2D eigenvalue weighted by molar-refractivity contribution is 6.02. The van der Waals surface area contributed by atoms with Crippen LogP contribution in [0.1, 0.15) is 12.8 Å². The lowest BCUT2D eigenvalue weighted by Gasteiger charge is -2.20. The Kier molecular flexibility index (Phi) is 5.95. The molecular formula is C16H23N3O4. The number of amides is 2. The summed E-state index contributed by atoms with van der Waals surface area (Å²) < 4.78 is 10.4. The molecule has 7 nitrogen and oxygen atoms in total. The second-order valence-corrected chi connectivity index (χ2v) is 5.37. The van der Waals surface area contributed by atoms with E-state index < -0.39 is 6.04 Å². The molecule has 0 aromatic heterocycles. The number of nitrogens with one attached hydrogen (secondary N) is 1. The van der Waals surface area contributed by atoms with Crippen LogP contribution in [-0.4, -0.2) is 51.3 Å². The van der Waals surface area contributed by atoms with Gasteiger partial charge in [-0.2, -0.15) is 0 Å².